The van der Waals surface area contributed by atoms with E-state index in [1.54, 1.807) is 6.33 Å². The number of nitrogens with zero attached hydrogens (tertiary/aromatic N) is 4. The van der Waals surface area contributed by atoms with Gasteiger partial charge >= 0.3 is 0 Å². The minimum Gasteiger partial charge on any atom is -0.340 e. The lowest BCUT2D eigenvalue weighted by atomic mass is 10.2. The van der Waals surface area contributed by atoms with Crippen molar-refractivity contribution in [2.45, 2.75) is 26.3 Å². The Hall–Kier alpha value is -1.75. The summed E-state index contributed by atoms with van der Waals surface area (Å²) in [4.78, 5) is 13.2. The molecule has 1 N–H and O–H groups in total. The molecule has 0 radical (unpaired) electrons. The molecule has 0 aliphatic rings. The molecule has 0 amide bonds. The summed E-state index contributed by atoms with van der Waals surface area (Å²) in [5.41, 5.74) is 2.02. The van der Waals surface area contributed by atoms with Crippen LogP contribution in [-0.2, 0) is 7.05 Å². The fourth-order valence-corrected chi connectivity index (χ4v) is 1.75. The van der Waals surface area contributed by atoms with Gasteiger partial charge in [-0.1, -0.05) is 6.92 Å². The van der Waals surface area contributed by atoms with Gasteiger partial charge in [0.05, 0.1) is 12.0 Å². The SMILES string of the molecule is CCCNC(c1cn(C)cn1)c1ncc(C)cn1. The molecule has 0 saturated heterocycles. The van der Waals surface area contributed by atoms with Crippen molar-refractivity contribution in [2.24, 2.45) is 7.05 Å². The van der Waals surface area contributed by atoms with Gasteiger partial charge in [-0.3, -0.25) is 0 Å². The summed E-state index contributed by atoms with van der Waals surface area (Å²) in [7, 11) is 1.96. The Morgan fingerprint density at radius 1 is 1.28 bits per heavy atom. The topological polar surface area (TPSA) is 55.6 Å². The lowest BCUT2D eigenvalue weighted by Gasteiger charge is -2.14. The van der Waals surface area contributed by atoms with Crippen molar-refractivity contribution in [3.05, 3.63) is 42.0 Å². The molecule has 1 unspecified atom stereocenters. The van der Waals surface area contributed by atoms with Crippen molar-refractivity contribution in [3.8, 4) is 0 Å². The summed E-state index contributed by atoms with van der Waals surface area (Å²) < 4.78 is 1.93. The Morgan fingerprint density at radius 2 is 2.00 bits per heavy atom. The normalized spacial score (nSPS) is 12.6. The predicted molar refractivity (Wildman–Crippen MR) is 70.1 cm³/mol. The summed E-state index contributed by atoms with van der Waals surface area (Å²) in [5.74, 6) is 0.771. The van der Waals surface area contributed by atoms with E-state index >= 15 is 0 Å². The second-order valence-electron chi connectivity index (χ2n) is 4.47. The van der Waals surface area contributed by atoms with Gasteiger partial charge < -0.3 is 9.88 Å². The van der Waals surface area contributed by atoms with E-state index in [0.717, 1.165) is 30.0 Å². The van der Waals surface area contributed by atoms with Gasteiger partial charge in [-0.05, 0) is 25.5 Å². The molecule has 0 fully saturated rings. The molecule has 96 valence electrons. The number of nitrogens with one attached hydrogen (secondary N) is 1. The van der Waals surface area contributed by atoms with Gasteiger partial charge in [-0.15, -0.1) is 0 Å². The van der Waals surface area contributed by atoms with E-state index in [-0.39, 0.29) is 6.04 Å². The van der Waals surface area contributed by atoms with Crippen molar-refractivity contribution in [2.75, 3.05) is 6.54 Å². The first-order chi connectivity index (χ1) is 8.70. The summed E-state index contributed by atoms with van der Waals surface area (Å²) in [6.07, 6.45) is 8.54. The van der Waals surface area contributed by atoms with Crippen LogP contribution in [0.4, 0.5) is 0 Å². The molecule has 2 rings (SSSR count). The zero-order valence-electron chi connectivity index (χ0n) is 11.1. The van der Waals surface area contributed by atoms with Crippen molar-refractivity contribution < 1.29 is 0 Å². The molecule has 5 nitrogen and oxygen atoms in total. The molecule has 0 saturated carbocycles. The molecule has 2 aromatic rings. The van der Waals surface area contributed by atoms with Crippen LogP contribution >= 0.6 is 0 Å². The van der Waals surface area contributed by atoms with Crippen molar-refractivity contribution in [3.63, 3.8) is 0 Å². The monoisotopic (exact) mass is 245 g/mol. The van der Waals surface area contributed by atoms with Crippen LogP contribution in [0.2, 0.25) is 0 Å². The Kier molecular flexibility index (Phi) is 4.04. The minimum atomic E-state index is -0.0354. The first-order valence-electron chi connectivity index (χ1n) is 6.20. The predicted octanol–water partition coefficient (Wildman–Crippen LogP) is 1.61. The lowest BCUT2D eigenvalue weighted by Crippen LogP contribution is -2.25. The van der Waals surface area contributed by atoms with Gasteiger partial charge in [0.2, 0.25) is 0 Å². The van der Waals surface area contributed by atoms with E-state index in [9.17, 15) is 0 Å². The van der Waals surface area contributed by atoms with Crippen LogP contribution in [0.5, 0.6) is 0 Å². The average Bonchev–Trinajstić information content (AvgIpc) is 2.78. The zero-order chi connectivity index (χ0) is 13.0. The second kappa shape index (κ2) is 5.73. The molecule has 0 spiro atoms. The van der Waals surface area contributed by atoms with Gasteiger partial charge in [-0.25, -0.2) is 15.0 Å². The van der Waals surface area contributed by atoms with Crippen molar-refractivity contribution >= 4 is 0 Å². The van der Waals surface area contributed by atoms with Crippen LogP contribution in [0.15, 0.2) is 24.9 Å². The van der Waals surface area contributed by atoms with Gasteiger partial charge in [0.1, 0.15) is 6.04 Å². The Morgan fingerprint density at radius 3 is 2.56 bits per heavy atom. The Bertz CT molecular complexity index is 488. The van der Waals surface area contributed by atoms with Crippen LogP contribution in [0.1, 0.15) is 36.5 Å². The molecule has 1 atom stereocenters. The van der Waals surface area contributed by atoms with Crippen LogP contribution in [0.3, 0.4) is 0 Å². The van der Waals surface area contributed by atoms with E-state index in [4.69, 9.17) is 0 Å². The second-order valence-corrected chi connectivity index (χ2v) is 4.47. The lowest BCUT2D eigenvalue weighted by molar-refractivity contribution is 0.561. The zero-order valence-corrected chi connectivity index (χ0v) is 11.1. The van der Waals surface area contributed by atoms with Crippen molar-refractivity contribution in [1.29, 1.82) is 0 Å². The highest BCUT2D eigenvalue weighted by Gasteiger charge is 2.18. The number of imidazole rings is 1. The average molecular weight is 245 g/mol. The maximum absolute atomic E-state index is 4.39. The van der Waals surface area contributed by atoms with Crippen LogP contribution in [-0.4, -0.2) is 26.1 Å². The largest absolute Gasteiger partial charge is 0.340 e. The van der Waals surface area contributed by atoms with E-state index in [0.29, 0.717) is 0 Å². The van der Waals surface area contributed by atoms with Gasteiger partial charge in [0, 0.05) is 25.6 Å². The highest BCUT2D eigenvalue weighted by molar-refractivity contribution is 5.16. The van der Waals surface area contributed by atoms with E-state index in [2.05, 4.69) is 27.2 Å². The highest BCUT2D eigenvalue weighted by atomic mass is 15.1. The van der Waals surface area contributed by atoms with Crippen molar-refractivity contribution in [1.82, 2.24) is 24.8 Å². The Balaban J connectivity index is 2.27. The van der Waals surface area contributed by atoms with Gasteiger partial charge in [-0.2, -0.15) is 0 Å². The molecule has 0 aromatic carbocycles. The third-order valence-corrected chi connectivity index (χ3v) is 2.68. The van der Waals surface area contributed by atoms with Gasteiger partial charge in [0.25, 0.3) is 0 Å². The smallest absolute Gasteiger partial charge is 0.151 e. The quantitative estimate of drug-likeness (QED) is 0.869. The number of hydrogen-bond acceptors (Lipinski definition) is 4. The summed E-state index contributed by atoms with van der Waals surface area (Å²) >= 11 is 0. The number of aryl methyl sites for hydroxylation is 2. The molecular weight excluding hydrogens is 226 g/mol. The fraction of sp³-hybridized carbons (Fsp3) is 0.462. The maximum atomic E-state index is 4.39. The van der Waals surface area contributed by atoms with Gasteiger partial charge in [0.15, 0.2) is 5.82 Å². The molecule has 0 bridgehead atoms. The maximum Gasteiger partial charge on any atom is 0.151 e. The highest BCUT2D eigenvalue weighted by Crippen LogP contribution is 2.16. The van der Waals surface area contributed by atoms with E-state index in [1.807, 2.05) is 37.1 Å². The van der Waals surface area contributed by atoms with Crippen LogP contribution in [0, 0.1) is 6.92 Å². The third kappa shape index (κ3) is 2.92. The molecule has 0 aliphatic carbocycles. The summed E-state index contributed by atoms with van der Waals surface area (Å²) in [5, 5.41) is 3.43. The molecule has 18 heavy (non-hydrogen) atoms. The molecule has 5 heteroatoms. The molecule has 0 aliphatic heterocycles. The number of aromatic nitrogens is 4. The van der Waals surface area contributed by atoms with E-state index in [1.165, 1.54) is 0 Å². The minimum absolute atomic E-state index is 0.0354. The summed E-state index contributed by atoms with van der Waals surface area (Å²) in [6, 6.07) is -0.0354. The van der Waals surface area contributed by atoms with Crippen LogP contribution in [0.25, 0.3) is 0 Å². The molecular formula is C13H19N5. The summed E-state index contributed by atoms with van der Waals surface area (Å²) in [6.45, 7) is 5.04. The standard InChI is InChI=1S/C13H19N5/c1-4-5-14-12(11-8-18(3)9-17-11)13-15-6-10(2)7-16-13/h6-9,12,14H,4-5H2,1-3H3. The van der Waals surface area contributed by atoms with E-state index < -0.39 is 0 Å². The third-order valence-electron chi connectivity index (χ3n) is 2.68. The van der Waals surface area contributed by atoms with Crippen LogP contribution < -0.4 is 5.32 Å². The molecule has 2 aromatic heterocycles. The first kappa shape index (κ1) is 12.7. The molecule has 2 heterocycles. The Labute approximate surface area is 107 Å². The first-order valence-corrected chi connectivity index (χ1v) is 6.20. The fourth-order valence-electron chi connectivity index (χ4n) is 1.75. The number of rotatable bonds is 5. The number of hydrogen-bond donors (Lipinski definition) is 1.